The Morgan fingerprint density at radius 2 is 1.79 bits per heavy atom. The van der Waals surface area contributed by atoms with Crippen molar-refractivity contribution in [3.63, 3.8) is 0 Å². The van der Waals surface area contributed by atoms with E-state index in [9.17, 15) is 23.9 Å². The lowest BCUT2D eigenvalue weighted by Crippen LogP contribution is -2.37. The van der Waals surface area contributed by atoms with Gasteiger partial charge in [0.1, 0.15) is 24.7 Å². The molecular formula is C19H15FN2O6. The first-order chi connectivity index (χ1) is 13.4. The zero-order valence-electron chi connectivity index (χ0n) is 14.4. The van der Waals surface area contributed by atoms with Crippen LogP contribution in [0.15, 0.2) is 53.3 Å². The zero-order chi connectivity index (χ0) is 20.3. The number of hydrogen-bond acceptors (Lipinski definition) is 5. The van der Waals surface area contributed by atoms with Gasteiger partial charge in [-0.2, -0.15) is 0 Å². The number of carbonyl (C=O) groups is 2. The van der Waals surface area contributed by atoms with Crippen LogP contribution < -0.4 is 15.7 Å². The van der Waals surface area contributed by atoms with Crippen LogP contribution in [-0.4, -0.2) is 33.4 Å². The third kappa shape index (κ3) is 3.78. The Morgan fingerprint density at radius 1 is 1.11 bits per heavy atom. The Balaban J connectivity index is 2.05. The van der Waals surface area contributed by atoms with Crippen molar-refractivity contribution in [2.75, 3.05) is 6.54 Å². The maximum absolute atomic E-state index is 13.0. The smallest absolute Gasteiger partial charge is 0.322 e. The maximum Gasteiger partial charge on any atom is 0.322 e. The number of aliphatic carboxylic acids is 1. The van der Waals surface area contributed by atoms with Crippen LogP contribution in [0.3, 0.4) is 0 Å². The lowest BCUT2D eigenvalue weighted by atomic mass is 10.1. The van der Waals surface area contributed by atoms with E-state index in [0.29, 0.717) is 5.56 Å². The van der Waals surface area contributed by atoms with Crippen molar-refractivity contribution in [2.24, 2.45) is 0 Å². The van der Waals surface area contributed by atoms with Crippen LogP contribution in [0.25, 0.3) is 10.9 Å². The molecule has 0 saturated heterocycles. The molecule has 0 atom stereocenters. The molecule has 1 heterocycles. The summed E-state index contributed by atoms with van der Waals surface area (Å²) in [7, 11) is 0. The fourth-order valence-electron chi connectivity index (χ4n) is 2.59. The molecule has 8 nitrogen and oxygen atoms in total. The largest absolute Gasteiger partial charge is 0.506 e. The summed E-state index contributed by atoms with van der Waals surface area (Å²) >= 11 is 0. The third-order valence-corrected chi connectivity index (χ3v) is 3.91. The molecule has 0 bridgehead atoms. The minimum Gasteiger partial charge on any atom is -0.506 e. The van der Waals surface area contributed by atoms with E-state index in [2.05, 4.69) is 0 Å². The highest BCUT2D eigenvalue weighted by molar-refractivity contribution is 6.02. The van der Waals surface area contributed by atoms with Gasteiger partial charge in [0.2, 0.25) is 0 Å². The number of pyridine rings is 1. The van der Waals surface area contributed by atoms with Crippen molar-refractivity contribution >= 4 is 22.8 Å². The lowest BCUT2D eigenvalue weighted by Gasteiger charge is -2.15. The minimum absolute atomic E-state index is 0.106. The van der Waals surface area contributed by atoms with Crippen LogP contribution >= 0.6 is 0 Å². The Kier molecular flexibility index (Phi) is 5.25. The molecule has 1 aromatic heterocycles. The van der Waals surface area contributed by atoms with Crippen LogP contribution in [-0.2, 0) is 11.4 Å². The lowest BCUT2D eigenvalue weighted by molar-refractivity contribution is -0.135. The molecule has 0 fully saturated rings. The molecule has 2 aromatic carbocycles. The van der Waals surface area contributed by atoms with E-state index < -0.39 is 41.1 Å². The number of aromatic hydroxyl groups is 1. The number of carbonyl (C=O) groups excluding carboxylic acids is 1. The molecule has 0 aliphatic carbocycles. The van der Waals surface area contributed by atoms with Crippen LogP contribution in [0.2, 0.25) is 0 Å². The van der Waals surface area contributed by atoms with E-state index in [1.54, 1.807) is 12.1 Å². The fraction of sp³-hybridized carbons (Fsp3) is 0.105. The van der Waals surface area contributed by atoms with Crippen LogP contribution in [0.4, 0.5) is 4.39 Å². The Bertz CT molecular complexity index is 1110. The average molecular weight is 386 g/mol. The summed E-state index contributed by atoms with van der Waals surface area (Å²) in [6.45, 7) is -0.827. The van der Waals surface area contributed by atoms with E-state index >= 15 is 0 Å². The van der Waals surface area contributed by atoms with E-state index in [1.165, 1.54) is 36.4 Å². The van der Waals surface area contributed by atoms with Crippen molar-refractivity contribution < 1.29 is 29.0 Å². The SMILES string of the molecule is O=C(O)CNC(=O)c1c(O)c2ccccc2n(OCc2ccc(F)cc2)c1=O. The van der Waals surface area contributed by atoms with E-state index in [0.717, 1.165) is 4.73 Å². The first kappa shape index (κ1) is 18.9. The highest BCUT2D eigenvalue weighted by Crippen LogP contribution is 2.25. The van der Waals surface area contributed by atoms with Crippen molar-refractivity contribution in [1.29, 1.82) is 0 Å². The van der Waals surface area contributed by atoms with Gasteiger partial charge in [-0.25, -0.2) is 4.39 Å². The summed E-state index contributed by atoms with van der Waals surface area (Å²) in [4.78, 5) is 41.2. The first-order valence-electron chi connectivity index (χ1n) is 8.13. The molecular weight excluding hydrogens is 371 g/mol. The molecule has 3 N–H and O–H groups in total. The highest BCUT2D eigenvalue weighted by atomic mass is 19.1. The summed E-state index contributed by atoms with van der Waals surface area (Å²) in [5.41, 5.74) is -0.815. The predicted octanol–water partition coefficient (Wildman–Crippen LogP) is 1.29. The van der Waals surface area contributed by atoms with Gasteiger partial charge in [0, 0.05) is 5.39 Å². The normalized spacial score (nSPS) is 10.6. The summed E-state index contributed by atoms with van der Waals surface area (Å²) in [5, 5.41) is 21.3. The number of carboxylic acid groups (broad SMARTS) is 1. The summed E-state index contributed by atoms with van der Waals surface area (Å²) < 4.78 is 13.9. The number of fused-ring (bicyclic) bond motifs is 1. The molecule has 0 saturated carbocycles. The van der Waals surface area contributed by atoms with Crippen molar-refractivity contribution in [1.82, 2.24) is 10.0 Å². The zero-order valence-corrected chi connectivity index (χ0v) is 14.4. The average Bonchev–Trinajstić information content (AvgIpc) is 2.67. The van der Waals surface area contributed by atoms with E-state index in [1.807, 2.05) is 5.32 Å². The summed E-state index contributed by atoms with van der Waals surface area (Å²) in [6, 6.07) is 11.6. The number of carboxylic acids is 1. The summed E-state index contributed by atoms with van der Waals surface area (Å²) in [6.07, 6.45) is 0. The Hall–Kier alpha value is -3.88. The number of aromatic nitrogens is 1. The summed E-state index contributed by atoms with van der Waals surface area (Å²) in [5.74, 6) is -3.35. The first-order valence-corrected chi connectivity index (χ1v) is 8.13. The number of rotatable bonds is 6. The molecule has 0 unspecified atom stereocenters. The topological polar surface area (TPSA) is 118 Å². The monoisotopic (exact) mass is 386 g/mol. The van der Waals surface area contributed by atoms with Gasteiger partial charge in [-0.15, -0.1) is 4.73 Å². The van der Waals surface area contributed by atoms with Gasteiger partial charge in [0.25, 0.3) is 11.5 Å². The van der Waals surface area contributed by atoms with Crippen LogP contribution in [0.1, 0.15) is 15.9 Å². The number of benzene rings is 2. The van der Waals surface area contributed by atoms with Gasteiger partial charge < -0.3 is 20.4 Å². The third-order valence-electron chi connectivity index (χ3n) is 3.91. The van der Waals surface area contributed by atoms with Gasteiger partial charge >= 0.3 is 5.97 Å². The molecule has 1 amide bonds. The molecule has 3 rings (SSSR count). The molecule has 0 radical (unpaired) electrons. The van der Waals surface area contributed by atoms with Gasteiger partial charge in [-0.05, 0) is 29.8 Å². The highest BCUT2D eigenvalue weighted by Gasteiger charge is 2.23. The van der Waals surface area contributed by atoms with E-state index in [4.69, 9.17) is 9.94 Å². The molecule has 144 valence electrons. The fourth-order valence-corrected chi connectivity index (χ4v) is 2.59. The molecule has 28 heavy (non-hydrogen) atoms. The minimum atomic E-state index is -1.30. The number of nitrogens with zero attached hydrogens (tertiary/aromatic N) is 1. The van der Waals surface area contributed by atoms with Crippen molar-refractivity contribution in [2.45, 2.75) is 6.61 Å². The number of amides is 1. The molecule has 0 aliphatic rings. The molecule has 0 spiro atoms. The number of para-hydroxylation sites is 1. The standard InChI is InChI=1S/C19H15FN2O6/c20-12-7-5-11(6-8-12)10-28-22-14-4-2-1-3-13(14)17(25)16(19(22)27)18(26)21-9-15(23)24/h1-8,25H,9-10H2,(H,21,26)(H,23,24). The molecule has 9 heteroatoms. The van der Waals surface area contributed by atoms with Gasteiger partial charge in [0.15, 0.2) is 5.56 Å². The second-order valence-corrected chi connectivity index (χ2v) is 5.82. The van der Waals surface area contributed by atoms with Gasteiger partial charge in [-0.1, -0.05) is 24.3 Å². The van der Waals surface area contributed by atoms with Crippen molar-refractivity contribution in [3.05, 3.63) is 75.8 Å². The van der Waals surface area contributed by atoms with Crippen molar-refractivity contribution in [3.8, 4) is 5.75 Å². The molecule has 3 aromatic rings. The van der Waals surface area contributed by atoms with Crippen LogP contribution in [0.5, 0.6) is 5.75 Å². The van der Waals surface area contributed by atoms with Crippen LogP contribution in [0, 0.1) is 5.82 Å². The van der Waals surface area contributed by atoms with Gasteiger partial charge in [0.05, 0.1) is 5.52 Å². The quantitative estimate of drug-likeness (QED) is 0.588. The predicted molar refractivity (Wildman–Crippen MR) is 96.5 cm³/mol. The molecule has 0 aliphatic heterocycles. The van der Waals surface area contributed by atoms with E-state index in [-0.39, 0.29) is 17.5 Å². The second-order valence-electron chi connectivity index (χ2n) is 5.82. The maximum atomic E-state index is 13.0. The Morgan fingerprint density at radius 3 is 2.46 bits per heavy atom. The van der Waals surface area contributed by atoms with Gasteiger partial charge in [-0.3, -0.25) is 14.4 Å². The number of hydrogen-bond donors (Lipinski definition) is 3. The second kappa shape index (κ2) is 7.78. The number of nitrogens with one attached hydrogen (secondary N) is 1. The Labute approximate surface area is 157 Å². The number of halogens is 1.